The SMILES string of the molecule is Cc1cccc(-c2cnn(C3CCNC3)c2)c1C. The maximum Gasteiger partial charge on any atom is 0.0655 e. The lowest BCUT2D eigenvalue weighted by atomic mass is 9.99. The van der Waals surface area contributed by atoms with Crippen molar-refractivity contribution in [2.45, 2.75) is 26.3 Å². The molecule has 3 heteroatoms. The zero-order valence-electron chi connectivity index (χ0n) is 11.0. The highest BCUT2D eigenvalue weighted by molar-refractivity contribution is 5.67. The molecule has 3 nitrogen and oxygen atoms in total. The standard InChI is InChI=1S/C15H19N3/c1-11-4-3-5-15(12(11)2)13-8-17-18(10-13)14-6-7-16-9-14/h3-5,8,10,14,16H,6-7,9H2,1-2H3. The molecule has 1 unspecified atom stereocenters. The van der Waals surface area contributed by atoms with Gasteiger partial charge >= 0.3 is 0 Å². The van der Waals surface area contributed by atoms with Crippen LogP contribution >= 0.6 is 0 Å². The Morgan fingerprint density at radius 1 is 1.33 bits per heavy atom. The number of benzene rings is 1. The topological polar surface area (TPSA) is 29.9 Å². The van der Waals surface area contributed by atoms with Crippen LogP contribution in [0.5, 0.6) is 0 Å². The van der Waals surface area contributed by atoms with Crippen molar-refractivity contribution in [3.8, 4) is 11.1 Å². The number of aromatic nitrogens is 2. The van der Waals surface area contributed by atoms with Gasteiger partial charge in [-0.2, -0.15) is 5.10 Å². The second kappa shape index (κ2) is 4.58. The molecule has 1 N–H and O–H groups in total. The van der Waals surface area contributed by atoms with E-state index >= 15 is 0 Å². The molecule has 18 heavy (non-hydrogen) atoms. The number of hydrogen-bond acceptors (Lipinski definition) is 2. The van der Waals surface area contributed by atoms with Crippen molar-refractivity contribution >= 4 is 0 Å². The van der Waals surface area contributed by atoms with Crippen LogP contribution in [0.25, 0.3) is 11.1 Å². The Balaban J connectivity index is 1.95. The molecule has 3 rings (SSSR count). The fourth-order valence-electron chi connectivity index (χ4n) is 2.61. The summed E-state index contributed by atoms with van der Waals surface area (Å²) in [5, 5.41) is 7.90. The van der Waals surface area contributed by atoms with Gasteiger partial charge in [-0.25, -0.2) is 0 Å². The Morgan fingerprint density at radius 3 is 3.00 bits per heavy atom. The van der Waals surface area contributed by atoms with Crippen LogP contribution in [0, 0.1) is 13.8 Å². The van der Waals surface area contributed by atoms with E-state index in [-0.39, 0.29) is 0 Å². The van der Waals surface area contributed by atoms with Gasteiger partial charge in [-0.1, -0.05) is 18.2 Å². The van der Waals surface area contributed by atoms with Crippen LogP contribution in [-0.4, -0.2) is 22.9 Å². The molecular formula is C15H19N3. The monoisotopic (exact) mass is 241 g/mol. The largest absolute Gasteiger partial charge is 0.315 e. The van der Waals surface area contributed by atoms with Gasteiger partial charge in [0.1, 0.15) is 0 Å². The molecule has 0 radical (unpaired) electrons. The second-order valence-corrected chi connectivity index (χ2v) is 5.10. The fraction of sp³-hybridized carbons (Fsp3) is 0.400. The summed E-state index contributed by atoms with van der Waals surface area (Å²) < 4.78 is 2.11. The van der Waals surface area contributed by atoms with Crippen LogP contribution in [0.2, 0.25) is 0 Å². The van der Waals surface area contributed by atoms with Gasteiger partial charge in [0.15, 0.2) is 0 Å². The van der Waals surface area contributed by atoms with Gasteiger partial charge < -0.3 is 5.32 Å². The Kier molecular flexibility index (Phi) is 2.92. The van der Waals surface area contributed by atoms with Crippen molar-refractivity contribution < 1.29 is 0 Å². The van der Waals surface area contributed by atoms with Gasteiger partial charge in [-0.3, -0.25) is 4.68 Å². The van der Waals surface area contributed by atoms with Crippen molar-refractivity contribution in [2.24, 2.45) is 0 Å². The summed E-state index contributed by atoms with van der Waals surface area (Å²) in [5.41, 5.74) is 5.21. The Bertz CT molecular complexity index is 551. The molecule has 2 heterocycles. The van der Waals surface area contributed by atoms with Crippen LogP contribution in [-0.2, 0) is 0 Å². The summed E-state index contributed by atoms with van der Waals surface area (Å²) in [4.78, 5) is 0. The van der Waals surface area contributed by atoms with E-state index in [0.717, 1.165) is 13.1 Å². The minimum Gasteiger partial charge on any atom is -0.315 e. The lowest BCUT2D eigenvalue weighted by Gasteiger charge is -2.08. The number of rotatable bonds is 2. The molecule has 2 aromatic rings. The van der Waals surface area contributed by atoms with E-state index < -0.39 is 0 Å². The van der Waals surface area contributed by atoms with Gasteiger partial charge in [0.25, 0.3) is 0 Å². The summed E-state index contributed by atoms with van der Waals surface area (Å²) in [6.45, 7) is 6.47. The Morgan fingerprint density at radius 2 is 2.22 bits per heavy atom. The van der Waals surface area contributed by atoms with Crippen LogP contribution in [0.4, 0.5) is 0 Å². The predicted molar refractivity (Wildman–Crippen MR) is 73.7 cm³/mol. The van der Waals surface area contributed by atoms with E-state index in [4.69, 9.17) is 0 Å². The quantitative estimate of drug-likeness (QED) is 0.876. The smallest absolute Gasteiger partial charge is 0.0655 e. The zero-order valence-corrected chi connectivity index (χ0v) is 11.0. The van der Waals surface area contributed by atoms with Crippen molar-refractivity contribution in [2.75, 3.05) is 13.1 Å². The lowest BCUT2D eigenvalue weighted by Crippen LogP contribution is -2.13. The van der Waals surface area contributed by atoms with Gasteiger partial charge in [0, 0.05) is 18.3 Å². The van der Waals surface area contributed by atoms with E-state index in [2.05, 4.69) is 53.3 Å². The van der Waals surface area contributed by atoms with Gasteiger partial charge in [-0.05, 0) is 43.5 Å². The molecule has 1 fully saturated rings. The highest BCUT2D eigenvalue weighted by Crippen LogP contribution is 2.26. The summed E-state index contributed by atoms with van der Waals surface area (Å²) in [6.07, 6.45) is 5.34. The van der Waals surface area contributed by atoms with Gasteiger partial charge in [0.05, 0.1) is 12.2 Å². The maximum absolute atomic E-state index is 4.52. The van der Waals surface area contributed by atoms with Crippen molar-refractivity contribution in [1.29, 1.82) is 0 Å². The molecular weight excluding hydrogens is 222 g/mol. The molecule has 0 aliphatic carbocycles. The van der Waals surface area contributed by atoms with E-state index in [1.165, 1.54) is 28.7 Å². The summed E-state index contributed by atoms with van der Waals surface area (Å²) in [6, 6.07) is 6.97. The van der Waals surface area contributed by atoms with E-state index in [1.54, 1.807) is 0 Å². The molecule has 0 bridgehead atoms. The lowest BCUT2D eigenvalue weighted by molar-refractivity contribution is 0.491. The number of nitrogens with zero attached hydrogens (tertiary/aromatic N) is 2. The summed E-state index contributed by atoms with van der Waals surface area (Å²) >= 11 is 0. The average Bonchev–Trinajstić information content (AvgIpc) is 3.01. The molecule has 1 atom stereocenters. The molecule has 1 aliphatic rings. The minimum atomic E-state index is 0.517. The highest BCUT2D eigenvalue weighted by atomic mass is 15.3. The first-order valence-corrected chi connectivity index (χ1v) is 6.57. The third-order valence-corrected chi connectivity index (χ3v) is 3.93. The fourth-order valence-corrected chi connectivity index (χ4v) is 2.61. The van der Waals surface area contributed by atoms with Crippen LogP contribution < -0.4 is 5.32 Å². The van der Waals surface area contributed by atoms with Crippen LogP contribution in [0.15, 0.2) is 30.6 Å². The Hall–Kier alpha value is -1.61. The van der Waals surface area contributed by atoms with E-state index in [0.29, 0.717) is 6.04 Å². The van der Waals surface area contributed by atoms with Crippen molar-refractivity contribution in [3.05, 3.63) is 41.7 Å². The first-order chi connectivity index (χ1) is 8.75. The summed E-state index contributed by atoms with van der Waals surface area (Å²) in [5.74, 6) is 0. The third kappa shape index (κ3) is 1.95. The average molecular weight is 241 g/mol. The molecule has 1 aromatic carbocycles. The molecule has 94 valence electrons. The predicted octanol–water partition coefficient (Wildman–Crippen LogP) is 2.70. The molecule has 1 aromatic heterocycles. The third-order valence-electron chi connectivity index (χ3n) is 3.93. The second-order valence-electron chi connectivity index (χ2n) is 5.10. The normalized spacial score (nSPS) is 19.3. The highest BCUT2D eigenvalue weighted by Gasteiger charge is 2.17. The van der Waals surface area contributed by atoms with Crippen molar-refractivity contribution in [1.82, 2.24) is 15.1 Å². The number of nitrogens with one attached hydrogen (secondary N) is 1. The van der Waals surface area contributed by atoms with Crippen LogP contribution in [0.1, 0.15) is 23.6 Å². The first kappa shape index (κ1) is 11.5. The van der Waals surface area contributed by atoms with E-state index in [9.17, 15) is 0 Å². The van der Waals surface area contributed by atoms with Gasteiger partial charge in [0.2, 0.25) is 0 Å². The Labute approximate surface area is 108 Å². The number of hydrogen-bond donors (Lipinski definition) is 1. The van der Waals surface area contributed by atoms with Crippen LogP contribution in [0.3, 0.4) is 0 Å². The van der Waals surface area contributed by atoms with Crippen molar-refractivity contribution in [3.63, 3.8) is 0 Å². The summed E-state index contributed by atoms with van der Waals surface area (Å²) in [7, 11) is 0. The van der Waals surface area contributed by atoms with E-state index in [1.807, 2.05) is 6.20 Å². The maximum atomic E-state index is 4.52. The zero-order chi connectivity index (χ0) is 12.5. The molecule has 1 saturated heterocycles. The minimum absolute atomic E-state index is 0.517. The molecule has 1 aliphatic heterocycles. The molecule has 0 spiro atoms. The number of aryl methyl sites for hydroxylation is 1. The van der Waals surface area contributed by atoms with Gasteiger partial charge in [-0.15, -0.1) is 0 Å². The first-order valence-electron chi connectivity index (χ1n) is 6.57. The molecule has 0 saturated carbocycles. The molecule has 0 amide bonds.